The Hall–Kier alpha value is -2.48. The molecule has 21 heavy (non-hydrogen) atoms. The molecular weight excluding hydrogens is 278 g/mol. The summed E-state index contributed by atoms with van der Waals surface area (Å²) in [7, 11) is 1.51. The summed E-state index contributed by atoms with van der Waals surface area (Å²) >= 11 is 0. The molecule has 2 amide bonds. The molecular formula is C13H17N3O5. The number of ether oxygens (including phenoxy) is 1. The molecule has 0 radical (unpaired) electrons. The molecule has 2 N–H and O–H groups in total. The summed E-state index contributed by atoms with van der Waals surface area (Å²) in [5, 5.41) is 15.8. The number of amides is 2. The van der Waals surface area contributed by atoms with E-state index in [0.29, 0.717) is 13.2 Å². The van der Waals surface area contributed by atoms with E-state index in [4.69, 9.17) is 4.74 Å². The predicted molar refractivity (Wildman–Crippen MR) is 75.1 cm³/mol. The number of benzene rings is 1. The highest BCUT2D eigenvalue weighted by atomic mass is 16.6. The average molecular weight is 295 g/mol. The van der Waals surface area contributed by atoms with Crippen LogP contribution >= 0.6 is 0 Å². The van der Waals surface area contributed by atoms with Gasteiger partial charge in [-0.05, 0) is 13.0 Å². The minimum absolute atomic E-state index is 0.132. The number of methoxy groups -OCH3 is 1. The number of nitrogens with one attached hydrogen (secondary N) is 2. The van der Waals surface area contributed by atoms with Crippen molar-refractivity contribution in [3.05, 3.63) is 39.4 Å². The number of carbonyl (C=O) groups is 2. The fraction of sp³-hybridized carbons (Fsp3) is 0.385. The Kier molecular flexibility index (Phi) is 6.28. The molecule has 1 rings (SSSR count). The standard InChI is InChI=1S/C13H17N3O5/c1-9-10(4-3-5-11(9)16(19)20)13(18)15-8-12(17)14-6-7-21-2/h3-5H,6-8H2,1-2H3,(H,14,17)(H,15,18). The van der Waals surface area contributed by atoms with Gasteiger partial charge in [0, 0.05) is 30.8 Å². The van der Waals surface area contributed by atoms with Gasteiger partial charge in [0.15, 0.2) is 0 Å². The molecule has 0 aliphatic carbocycles. The van der Waals surface area contributed by atoms with E-state index in [-0.39, 0.29) is 29.3 Å². The molecule has 0 aliphatic heterocycles. The first-order valence-corrected chi connectivity index (χ1v) is 6.25. The van der Waals surface area contributed by atoms with E-state index < -0.39 is 10.8 Å². The van der Waals surface area contributed by atoms with E-state index >= 15 is 0 Å². The number of nitro groups is 1. The summed E-state index contributed by atoms with van der Waals surface area (Å²) in [5.74, 6) is -0.887. The molecule has 0 aromatic heterocycles. The van der Waals surface area contributed by atoms with Crippen LogP contribution in [0, 0.1) is 17.0 Å². The van der Waals surface area contributed by atoms with Gasteiger partial charge in [-0.1, -0.05) is 6.07 Å². The Morgan fingerprint density at radius 3 is 2.67 bits per heavy atom. The number of nitro benzene ring substituents is 1. The number of hydrogen-bond acceptors (Lipinski definition) is 5. The van der Waals surface area contributed by atoms with Gasteiger partial charge in [0.05, 0.1) is 18.1 Å². The number of rotatable bonds is 7. The topological polar surface area (TPSA) is 111 Å². The molecule has 0 fully saturated rings. The van der Waals surface area contributed by atoms with Crippen molar-refractivity contribution in [2.45, 2.75) is 6.92 Å². The zero-order valence-corrected chi connectivity index (χ0v) is 11.8. The zero-order valence-electron chi connectivity index (χ0n) is 11.8. The molecule has 8 heteroatoms. The third-order valence-corrected chi connectivity index (χ3v) is 2.78. The molecule has 1 aromatic rings. The van der Waals surface area contributed by atoms with E-state index in [2.05, 4.69) is 10.6 Å². The minimum Gasteiger partial charge on any atom is -0.383 e. The molecule has 0 saturated carbocycles. The fourth-order valence-corrected chi connectivity index (χ4v) is 1.68. The Morgan fingerprint density at radius 1 is 1.33 bits per heavy atom. The van der Waals surface area contributed by atoms with Crippen molar-refractivity contribution in [3.8, 4) is 0 Å². The lowest BCUT2D eigenvalue weighted by Gasteiger charge is -2.08. The first kappa shape index (κ1) is 16.6. The summed E-state index contributed by atoms with van der Waals surface area (Å²) in [5.41, 5.74) is 0.306. The largest absolute Gasteiger partial charge is 0.383 e. The third kappa shape index (κ3) is 4.84. The van der Waals surface area contributed by atoms with Crippen LogP contribution < -0.4 is 10.6 Å². The highest BCUT2D eigenvalue weighted by molar-refractivity contribution is 5.98. The maximum Gasteiger partial charge on any atom is 0.273 e. The number of carbonyl (C=O) groups excluding carboxylic acids is 2. The summed E-state index contributed by atoms with van der Waals surface area (Å²) in [6.45, 7) is 2.01. The highest BCUT2D eigenvalue weighted by Gasteiger charge is 2.18. The van der Waals surface area contributed by atoms with Crippen LogP contribution in [-0.2, 0) is 9.53 Å². The van der Waals surface area contributed by atoms with Gasteiger partial charge in [-0.25, -0.2) is 0 Å². The van der Waals surface area contributed by atoms with E-state index in [1.54, 1.807) is 0 Å². The first-order chi connectivity index (χ1) is 9.97. The van der Waals surface area contributed by atoms with Gasteiger partial charge < -0.3 is 15.4 Å². The minimum atomic E-state index is -0.552. The Morgan fingerprint density at radius 2 is 2.05 bits per heavy atom. The maximum atomic E-state index is 11.9. The van der Waals surface area contributed by atoms with E-state index in [1.807, 2.05) is 0 Å². The smallest absolute Gasteiger partial charge is 0.273 e. The van der Waals surface area contributed by atoms with Crippen LogP contribution in [0.15, 0.2) is 18.2 Å². The van der Waals surface area contributed by atoms with Gasteiger partial charge in [0.1, 0.15) is 0 Å². The van der Waals surface area contributed by atoms with Crippen molar-refractivity contribution in [1.29, 1.82) is 0 Å². The maximum absolute atomic E-state index is 11.9. The lowest BCUT2D eigenvalue weighted by atomic mass is 10.1. The van der Waals surface area contributed by atoms with Gasteiger partial charge in [-0.15, -0.1) is 0 Å². The zero-order chi connectivity index (χ0) is 15.8. The lowest BCUT2D eigenvalue weighted by Crippen LogP contribution is -2.38. The van der Waals surface area contributed by atoms with Crippen LogP contribution in [0.4, 0.5) is 5.69 Å². The van der Waals surface area contributed by atoms with Crippen LogP contribution in [0.2, 0.25) is 0 Å². The van der Waals surface area contributed by atoms with E-state index in [9.17, 15) is 19.7 Å². The van der Waals surface area contributed by atoms with Crippen LogP contribution in [-0.4, -0.2) is 43.5 Å². The molecule has 0 heterocycles. The van der Waals surface area contributed by atoms with Crippen molar-refractivity contribution in [2.24, 2.45) is 0 Å². The van der Waals surface area contributed by atoms with Gasteiger partial charge in [-0.2, -0.15) is 0 Å². The predicted octanol–water partition coefficient (Wildman–Crippen LogP) is 0.396. The summed E-state index contributed by atoms with van der Waals surface area (Å²) < 4.78 is 4.77. The summed E-state index contributed by atoms with van der Waals surface area (Å²) in [4.78, 5) is 33.6. The normalized spacial score (nSPS) is 10.0. The quantitative estimate of drug-likeness (QED) is 0.429. The molecule has 0 atom stereocenters. The van der Waals surface area contributed by atoms with Crippen molar-refractivity contribution >= 4 is 17.5 Å². The highest BCUT2D eigenvalue weighted by Crippen LogP contribution is 2.20. The van der Waals surface area contributed by atoms with Crippen molar-refractivity contribution in [2.75, 3.05) is 26.8 Å². The van der Waals surface area contributed by atoms with Crippen molar-refractivity contribution in [1.82, 2.24) is 10.6 Å². The Bertz CT molecular complexity index is 545. The Labute approximate surface area is 121 Å². The molecule has 0 unspecified atom stereocenters. The second kappa shape index (κ2) is 7.95. The van der Waals surface area contributed by atoms with Crippen LogP contribution in [0.25, 0.3) is 0 Å². The molecule has 8 nitrogen and oxygen atoms in total. The van der Waals surface area contributed by atoms with Crippen molar-refractivity contribution in [3.63, 3.8) is 0 Å². The summed E-state index contributed by atoms with van der Waals surface area (Å²) in [6, 6.07) is 4.22. The lowest BCUT2D eigenvalue weighted by molar-refractivity contribution is -0.385. The van der Waals surface area contributed by atoms with E-state index in [1.165, 1.54) is 32.2 Å². The Balaban J connectivity index is 2.62. The van der Waals surface area contributed by atoms with Gasteiger partial charge in [0.25, 0.3) is 11.6 Å². The van der Waals surface area contributed by atoms with Gasteiger partial charge in [0.2, 0.25) is 5.91 Å². The monoisotopic (exact) mass is 295 g/mol. The molecule has 0 bridgehead atoms. The summed E-state index contributed by atoms with van der Waals surface area (Å²) in [6.07, 6.45) is 0. The third-order valence-electron chi connectivity index (χ3n) is 2.78. The van der Waals surface area contributed by atoms with Gasteiger partial charge in [-0.3, -0.25) is 19.7 Å². The molecule has 114 valence electrons. The van der Waals surface area contributed by atoms with Gasteiger partial charge >= 0.3 is 0 Å². The van der Waals surface area contributed by atoms with Crippen LogP contribution in [0.1, 0.15) is 15.9 Å². The second-order valence-electron chi connectivity index (χ2n) is 4.23. The molecule has 1 aromatic carbocycles. The fourth-order valence-electron chi connectivity index (χ4n) is 1.68. The van der Waals surface area contributed by atoms with Crippen LogP contribution in [0.3, 0.4) is 0 Å². The molecule has 0 aliphatic rings. The number of hydrogen-bond donors (Lipinski definition) is 2. The average Bonchev–Trinajstić information content (AvgIpc) is 2.45. The van der Waals surface area contributed by atoms with E-state index in [0.717, 1.165) is 0 Å². The molecule has 0 spiro atoms. The first-order valence-electron chi connectivity index (χ1n) is 6.25. The van der Waals surface area contributed by atoms with Crippen molar-refractivity contribution < 1.29 is 19.2 Å². The number of nitrogens with zero attached hydrogens (tertiary/aromatic N) is 1. The van der Waals surface area contributed by atoms with Crippen LogP contribution in [0.5, 0.6) is 0 Å². The SMILES string of the molecule is COCCNC(=O)CNC(=O)c1cccc([N+](=O)[O-])c1C. The molecule has 0 saturated heterocycles. The second-order valence-corrected chi connectivity index (χ2v) is 4.23.